The number of nitrogens with one attached hydrogen (secondary N) is 1. The van der Waals surface area contributed by atoms with E-state index in [1.54, 1.807) is 41.1 Å². The number of aromatic nitrogens is 2. The summed E-state index contributed by atoms with van der Waals surface area (Å²) >= 11 is 0. The number of alkyl halides is 3. The number of hydrogen-bond acceptors (Lipinski definition) is 10. The number of carbonyl (C=O) groups excluding carboxylic acids is 3. The molecule has 3 aromatic carbocycles. The quantitative estimate of drug-likeness (QED) is 0.0725. The Bertz CT molecular complexity index is 2140. The zero-order valence-corrected chi connectivity index (χ0v) is 30.5. The molecular formula is C35H36F3N7O8S. The summed E-state index contributed by atoms with van der Waals surface area (Å²) in [5.41, 5.74) is 0.813. The fourth-order valence-electron chi connectivity index (χ4n) is 5.55. The van der Waals surface area contributed by atoms with Crippen LogP contribution in [-0.2, 0) is 25.8 Å². The lowest BCUT2D eigenvalue weighted by Gasteiger charge is -2.25. The van der Waals surface area contributed by atoms with E-state index in [1.807, 2.05) is 20.8 Å². The lowest BCUT2D eigenvalue weighted by molar-refractivity contribution is -0.714. The van der Waals surface area contributed by atoms with Crippen molar-refractivity contribution in [1.82, 2.24) is 24.4 Å². The maximum atomic E-state index is 13.6. The molecule has 0 fully saturated rings. The number of amides is 3. The molecule has 4 aromatic rings. The Balaban J connectivity index is 1.23. The molecule has 3 amide bonds. The van der Waals surface area contributed by atoms with E-state index in [0.717, 1.165) is 38.4 Å². The third kappa shape index (κ3) is 8.62. The molecule has 1 aliphatic rings. The summed E-state index contributed by atoms with van der Waals surface area (Å²) in [5.74, 6) is -1.26. The molecule has 19 heteroatoms. The number of hydrazine groups is 1. The molecule has 0 saturated heterocycles. The number of nitrogens with zero attached hydrogens (tertiary/aromatic N) is 6. The van der Waals surface area contributed by atoms with E-state index >= 15 is 0 Å². The van der Waals surface area contributed by atoms with E-state index < -0.39 is 63.6 Å². The summed E-state index contributed by atoms with van der Waals surface area (Å²) in [4.78, 5) is 43.8. The maximum absolute atomic E-state index is 13.6. The van der Waals surface area contributed by atoms with Gasteiger partial charge in [-0.15, -0.1) is 5.01 Å². The van der Waals surface area contributed by atoms with Gasteiger partial charge in [-0.05, 0) is 68.7 Å². The van der Waals surface area contributed by atoms with Gasteiger partial charge < -0.3 is 14.8 Å². The number of sulfonamides is 1. The highest BCUT2D eigenvalue weighted by molar-refractivity contribution is 7.90. The molecule has 1 aromatic heterocycles. The zero-order chi connectivity index (χ0) is 39.5. The Morgan fingerprint density at radius 1 is 1.00 bits per heavy atom. The molecule has 1 unspecified atom stereocenters. The molecular weight excluding hydrogens is 735 g/mol. The van der Waals surface area contributed by atoms with Gasteiger partial charge in [0.15, 0.2) is 5.69 Å². The van der Waals surface area contributed by atoms with E-state index in [0.29, 0.717) is 5.56 Å². The number of fused-ring (bicyclic) bond motifs is 1. The van der Waals surface area contributed by atoms with Crippen LogP contribution in [0.5, 0.6) is 0 Å². The number of ether oxygens (including phenoxy) is 1. The second kappa shape index (κ2) is 15.6. The highest BCUT2D eigenvalue weighted by Gasteiger charge is 2.40. The standard InChI is InChI=1S/C35H36F3N7O8S/c1-21(2)18-26(42(5)45(49)41-53-23(4)43-32(46)28-8-6-7-9-29(28)33(43)47)20-52-34(48)40-54(50,51)27-16-14-25(15-17-27)44-30(19-31(39-44)35(36,37)38)24-12-10-22(3)11-13-24/h6-17,19,21,23,26H,18,20H2,1-5H3,(H,40,48)/t23?,26-/m0/s1. The highest BCUT2D eigenvalue weighted by Crippen LogP contribution is 2.33. The molecule has 2 atom stereocenters. The van der Waals surface area contributed by atoms with Crippen LogP contribution in [0.25, 0.3) is 16.9 Å². The van der Waals surface area contributed by atoms with Gasteiger partial charge in [-0.1, -0.05) is 55.8 Å². The third-order valence-corrected chi connectivity index (χ3v) is 9.69. The van der Waals surface area contributed by atoms with Crippen molar-refractivity contribution < 1.29 is 50.5 Å². The molecule has 0 spiro atoms. The van der Waals surface area contributed by atoms with Gasteiger partial charge in [-0.3, -0.25) is 9.59 Å². The van der Waals surface area contributed by atoms with Gasteiger partial charge in [0.05, 0.1) is 39.4 Å². The number of rotatable bonds is 13. The minimum Gasteiger partial charge on any atom is -0.569 e. The van der Waals surface area contributed by atoms with Crippen LogP contribution >= 0.6 is 0 Å². The average Bonchev–Trinajstić information content (AvgIpc) is 3.68. The van der Waals surface area contributed by atoms with Crippen LogP contribution in [-0.4, -0.2) is 76.9 Å². The molecule has 15 nitrogen and oxygen atoms in total. The minimum absolute atomic E-state index is 0.0357. The molecule has 54 heavy (non-hydrogen) atoms. The molecule has 0 radical (unpaired) electrons. The largest absolute Gasteiger partial charge is 0.569 e. The molecule has 5 rings (SSSR count). The number of likely N-dealkylation sites (N-methyl/N-ethyl adjacent to an activating group) is 1. The first kappa shape index (κ1) is 39.2. The number of benzene rings is 3. The number of hydrogen-bond donors (Lipinski definition) is 1. The van der Waals surface area contributed by atoms with Crippen LogP contribution in [0.15, 0.2) is 89.0 Å². The van der Waals surface area contributed by atoms with Gasteiger partial charge in [-0.2, -0.15) is 18.3 Å². The van der Waals surface area contributed by atoms with Crippen LogP contribution in [0.4, 0.5) is 18.0 Å². The highest BCUT2D eigenvalue weighted by atomic mass is 32.2. The molecule has 2 heterocycles. The van der Waals surface area contributed by atoms with Crippen LogP contribution in [0.3, 0.4) is 0 Å². The van der Waals surface area contributed by atoms with Crippen molar-refractivity contribution in [1.29, 1.82) is 0 Å². The van der Waals surface area contributed by atoms with Crippen LogP contribution in [0.1, 0.15) is 59.2 Å². The van der Waals surface area contributed by atoms with E-state index in [4.69, 9.17) is 9.57 Å². The summed E-state index contributed by atoms with van der Waals surface area (Å²) in [6.07, 6.45) is -7.08. The van der Waals surface area contributed by atoms with Crippen molar-refractivity contribution in [3.8, 4) is 16.9 Å². The number of halogens is 3. The lowest BCUT2D eigenvalue weighted by Crippen LogP contribution is -2.43. The number of aryl methyl sites for hydroxylation is 1. The molecule has 1 aliphatic heterocycles. The Morgan fingerprint density at radius 2 is 1.59 bits per heavy atom. The Kier molecular flexibility index (Phi) is 11.3. The normalized spacial score (nSPS) is 14.5. The summed E-state index contributed by atoms with van der Waals surface area (Å²) in [5, 5.41) is 21.1. The Labute approximate surface area is 308 Å². The summed E-state index contributed by atoms with van der Waals surface area (Å²) in [6.45, 7) is 6.38. The first-order valence-electron chi connectivity index (χ1n) is 16.5. The predicted molar refractivity (Wildman–Crippen MR) is 185 cm³/mol. The summed E-state index contributed by atoms with van der Waals surface area (Å²) in [6, 6.07) is 17.6. The van der Waals surface area contributed by atoms with E-state index in [2.05, 4.69) is 10.4 Å². The first-order valence-corrected chi connectivity index (χ1v) is 17.9. The van der Waals surface area contributed by atoms with Gasteiger partial charge in [0.2, 0.25) is 11.5 Å². The van der Waals surface area contributed by atoms with Crippen molar-refractivity contribution in [3.05, 3.63) is 106 Å². The average molecular weight is 772 g/mol. The number of imide groups is 1. The van der Waals surface area contributed by atoms with Gasteiger partial charge in [-0.25, -0.2) is 27.5 Å². The topological polar surface area (TPSA) is 179 Å². The molecule has 1 N–H and O–H groups in total. The minimum atomic E-state index is -4.74. The van der Waals surface area contributed by atoms with Crippen molar-refractivity contribution in [2.75, 3.05) is 13.7 Å². The van der Waals surface area contributed by atoms with Crippen molar-refractivity contribution in [3.63, 3.8) is 0 Å². The first-order chi connectivity index (χ1) is 25.4. The SMILES string of the molecule is Cc1ccc(-c2cc(C(F)(F)F)nn2-c2ccc(S(=O)(=O)NC(=O)OC[C@H](CC(C)C)N(C)[N+]([O-])=NOC(C)N3C(=O)c4ccccc4C3=O)cc2)cc1. The van der Waals surface area contributed by atoms with Crippen LogP contribution < -0.4 is 4.72 Å². The lowest BCUT2D eigenvalue weighted by atomic mass is 10.0. The fourth-order valence-corrected chi connectivity index (χ4v) is 6.44. The van der Waals surface area contributed by atoms with E-state index in [-0.39, 0.29) is 39.8 Å². The van der Waals surface area contributed by atoms with Gasteiger partial charge in [0, 0.05) is 5.56 Å². The van der Waals surface area contributed by atoms with Crippen LogP contribution in [0, 0.1) is 18.0 Å². The van der Waals surface area contributed by atoms with Gasteiger partial charge in [0.25, 0.3) is 21.8 Å². The molecule has 286 valence electrons. The summed E-state index contributed by atoms with van der Waals surface area (Å²) in [7, 11) is -3.20. The van der Waals surface area contributed by atoms with Crippen molar-refractivity contribution in [2.45, 2.75) is 57.5 Å². The molecule has 0 saturated carbocycles. The smallest absolute Gasteiger partial charge is 0.435 e. The second-order valence-electron chi connectivity index (χ2n) is 12.8. The van der Waals surface area contributed by atoms with Crippen LogP contribution in [0.2, 0.25) is 0 Å². The zero-order valence-electron chi connectivity index (χ0n) is 29.6. The molecule has 0 aliphatic carbocycles. The van der Waals surface area contributed by atoms with Crippen molar-refractivity contribution >= 4 is 27.9 Å². The second-order valence-corrected chi connectivity index (χ2v) is 14.5. The fraction of sp³-hybridized carbons (Fsp3) is 0.314. The van der Waals surface area contributed by atoms with E-state index in [9.17, 15) is 41.2 Å². The Hall–Kier alpha value is -5.98. The van der Waals surface area contributed by atoms with Gasteiger partial charge >= 0.3 is 12.3 Å². The van der Waals surface area contributed by atoms with Crippen molar-refractivity contribution in [2.24, 2.45) is 11.2 Å². The predicted octanol–water partition coefficient (Wildman–Crippen LogP) is 6.08. The Morgan fingerprint density at radius 3 is 2.15 bits per heavy atom. The number of carbonyl (C=O) groups is 3. The van der Waals surface area contributed by atoms with E-state index in [1.165, 1.54) is 38.2 Å². The maximum Gasteiger partial charge on any atom is 0.435 e. The van der Waals surface area contributed by atoms with Gasteiger partial charge in [0.1, 0.15) is 12.6 Å². The summed E-state index contributed by atoms with van der Waals surface area (Å²) < 4.78 is 74.9. The monoisotopic (exact) mass is 771 g/mol. The third-order valence-electron chi connectivity index (χ3n) is 8.36. The molecule has 0 bridgehead atoms.